The van der Waals surface area contributed by atoms with E-state index in [2.05, 4.69) is 77.3 Å². The molecule has 0 unspecified atom stereocenters. The van der Waals surface area contributed by atoms with Gasteiger partial charge in [0.1, 0.15) is 0 Å². The van der Waals surface area contributed by atoms with Crippen molar-refractivity contribution in [3.63, 3.8) is 0 Å². The van der Waals surface area contributed by atoms with Crippen LogP contribution >= 0.6 is 43.2 Å². The maximum absolute atomic E-state index is 12.1. The number of thiophene rings is 1. The molecule has 1 amide bonds. The molecule has 4 nitrogen and oxygen atoms in total. The second kappa shape index (κ2) is 9.16. The third kappa shape index (κ3) is 5.29. The van der Waals surface area contributed by atoms with Gasteiger partial charge in [0.15, 0.2) is 0 Å². The number of hydrogen-bond acceptors (Lipinski definition) is 4. The fourth-order valence-corrected chi connectivity index (χ4v) is 4.87. The summed E-state index contributed by atoms with van der Waals surface area (Å²) in [4.78, 5) is 17.7. The number of halogens is 2. The molecule has 7 heteroatoms. The highest BCUT2D eigenvalue weighted by Crippen LogP contribution is 2.32. The van der Waals surface area contributed by atoms with E-state index in [1.807, 2.05) is 6.07 Å². The van der Waals surface area contributed by atoms with Crippen molar-refractivity contribution < 1.29 is 4.79 Å². The number of amides is 1. The van der Waals surface area contributed by atoms with Gasteiger partial charge in [-0.3, -0.25) is 9.69 Å². The number of carbonyl (C=O) groups excluding carboxylic acids is 1. The molecule has 1 aromatic heterocycles. The number of nitrogens with one attached hydrogen (secondary N) is 1. The zero-order valence-corrected chi connectivity index (χ0v) is 17.9. The van der Waals surface area contributed by atoms with Gasteiger partial charge in [-0.25, -0.2) is 0 Å². The van der Waals surface area contributed by atoms with Crippen LogP contribution in [0.5, 0.6) is 0 Å². The first kappa shape index (κ1) is 18.9. The van der Waals surface area contributed by atoms with E-state index in [-0.39, 0.29) is 5.91 Å². The van der Waals surface area contributed by atoms with Crippen molar-refractivity contribution in [3.05, 3.63) is 49.5 Å². The van der Waals surface area contributed by atoms with Gasteiger partial charge >= 0.3 is 0 Å². The molecule has 1 N–H and O–H groups in total. The summed E-state index contributed by atoms with van der Waals surface area (Å²) in [5, 5.41) is 3.01. The number of nitrogens with zero attached hydrogens (tertiary/aromatic N) is 2. The number of para-hydroxylation sites is 1. The summed E-state index contributed by atoms with van der Waals surface area (Å²) >= 11 is 8.28. The van der Waals surface area contributed by atoms with Gasteiger partial charge in [-0.15, -0.1) is 11.3 Å². The normalized spacial score (nSPS) is 15.4. The van der Waals surface area contributed by atoms with Crippen molar-refractivity contribution in [1.82, 2.24) is 10.2 Å². The van der Waals surface area contributed by atoms with E-state index in [0.29, 0.717) is 6.54 Å². The Morgan fingerprint density at radius 3 is 2.48 bits per heavy atom. The van der Waals surface area contributed by atoms with Crippen LogP contribution in [0.25, 0.3) is 0 Å². The van der Waals surface area contributed by atoms with Gasteiger partial charge in [-0.05, 0) is 63.0 Å². The van der Waals surface area contributed by atoms with E-state index in [0.717, 1.165) is 52.3 Å². The lowest BCUT2D eigenvalue weighted by Gasteiger charge is -2.36. The molecule has 1 fully saturated rings. The van der Waals surface area contributed by atoms with Gasteiger partial charge < -0.3 is 10.2 Å². The Labute approximate surface area is 169 Å². The third-order valence-corrected chi connectivity index (χ3v) is 7.55. The standard InChI is InChI=1S/C18H21Br2N3OS/c19-15-13-16(25-17(15)20)18(24)21-7-4-8-22-9-11-23(12-10-22)14-5-2-1-3-6-14/h1-3,5-6,13H,4,7-12H2,(H,21,24). The number of rotatable bonds is 6. The fourth-order valence-electron chi connectivity index (χ4n) is 2.92. The highest BCUT2D eigenvalue weighted by atomic mass is 79.9. The first-order chi connectivity index (χ1) is 12.1. The SMILES string of the molecule is O=C(NCCCN1CCN(c2ccccc2)CC1)c1cc(Br)c(Br)s1. The Kier molecular flexibility index (Phi) is 6.92. The molecule has 0 aliphatic carbocycles. The Morgan fingerprint density at radius 1 is 1.12 bits per heavy atom. The zero-order chi connectivity index (χ0) is 17.6. The van der Waals surface area contributed by atoms with Crippen LogP contribution in [0.15, 0.2) is 44.7 Å². The van der Waals surface area contributed by atoms with E-state index < -0.39 is 0 Å². The highest BCUT2D eigenvalue weighted by Gasteiger charge is 2.17. The summed E-state index contributed by atoms with van der Waals surface area (Å²) in [6.07, 6.45) is 0.977. The van der Waals surface area contributed by atoms with E-state index in [1.54, 1.807) is 0 Å². The largest absolute Gasteiger partial charge is 0.369 e. The van der Waals surface area contributed by atoms with Gasteiger partial charge in [0.2, 0.25) is 0 Å². The molecule has 0 spiro atoms. The minimum absolute atomic E-state index is 0.00490. The molecule has 25 heavy (non-hydrogen) atoms. The predicted octanol–water partition coefficient (Wildman–Crippen LogP) is 4.22. The Bertz CT molecular complexity index is 680. The Hall–Kier alpha value is -0.890. The summed E-state index contributed by atoms with van der Waals surface area (Å²) in [6, 6.07) is 12.4. The van der Waals surface area contributed by atoms with Crippen LogP contribution in [0.4, 0.5) is 5.69 Å². The second-order valence-electron chi connectivity index (χ2n) is 6.01. The Morgan fingerprint density at radius 2 is 1.84 bits per heavy atom. The monoisotopic (exact) mass is 485 g/mol. The van der Waals surface area contributed by atoms with Crippen molar-refractivity contribution in [2.75, 3.05) is 44.2 Å². The van der Waals surface area contributed by atoms with E-state index in [9.17, 15) is 4.79 Å². The molecule has 1 aliphatic rings. The van der Waals surface area contributed by atoms with Gasteiger partial charge in [0.05, 0.1) is 8.66 Å². The van der Waals surface area contributed by atoms with Crippen LogP contribution in [0.3, 0.4) is 0 Å². The van der Waals surface area contributed by atoms with Gasteiger partial charge in [0, 0.05) is 42.9 Å². The molecule has 1 aliphatic heterocycles. The molecule has 0 saturated carbocycles. The van der Waals surface area contributed by atoms with Crippen LogP contribution in [-0.2, 0) is 0 Å². The molecule has 1 aromatic carbocycles. The van der Waals surface area contributed by atoms with Gasteiger partial charge in [0.25, 0.3) is 5.91 Å². The van der Waals surface area contributed by atoms with Crippen LogP contribution in [-0.4, -0.2) is 50.1 Å². The number of piperazine rings is 1. The lowest BCUT2D eigenvalue weighted by Crippen LogP contribution is -2.47. The lowest BCUT2D eigenvalue weighted by molar-refractivity contribution is 0.0955. The van der Waals surface area contributed by atoms with Gasteiger partial charge in [-0.2, -0.15) is 0 Å². The average molecular weight is 487 g/mol. The summed E-state index contributed by atoms with van der Waals surface area (Å²) in [6.45, 7) is 6.02. The van der Waals surface area contributed by atoms with E-state index in [1.165, 1.54) is 17.0 Å². The molecule has 2 aromatic rings. The molecule has 0 radical (unpaired) electrons. The smallest absolute Gasteiger partial charge is 0.261 e. The molecule has 1 saturated heterocycles. The number of hydrogen-bond donors (Lipinski definition) is 1. The molecule has 134 valence electrons. The van der Waals surface area contributed by atoms with Crippen molar-refractivity contribution in [2.45, 2.75) is 6.42 Å². The summed E-state index contributed by atoms with van der Waals surface area (Å²) < 4.78 is 1.88. The third-order valence-electron chi connectivity index (χ3n) is 4.30. The average Bonchev–Trinajstić information content (AvgIpc) is 2.99. The number of anilines is 1. The van der Waals surface area contributed by atoms with Crippen molar-refractivity contribution >= 4 is 54.8 Å². The quantitative estimate of drug-likeness (QED) is 0.621. The highest BCUT2D eigenvalue weighted by molar-refractivity contribution is 9.13. The predicted molar refractivity (Wildman–Crippen MR) is 112 cm³/mol. The maximum atomic E-state index is 12.1. The summed E-state index contributed by atoms with van der Waals surface area (Å²) in [5.41, 5.74) is 1.31. The van der Waals surface area contributed by atoms with E-state index >= 15 is 0 Å². The summed E-state index contributed by atoms with van der Waals surface area (Å²) in [7, 11) is 0. The van der Waals surface area contributed by atoms with Gasteiger partial charge in [-0.1, -0.05) is 18.2 Å². The van der Waals surface area contributed by atoms with Crippen LogP contribution in [0.1, 0.15) is 16.1 Å². The zero-order valence-electron chi connectivity index (χ0n) is 13.9. The molecule has 0 atom stereocenters. The first-order valence-corrected chi connectivity index (χ1v) is 10.8. The molecular formula is C18H21Br2N3OS. The minimum Gasteiger partial charge on any atom is -0.369 e. The number of carbonyl (C=O) groups is 1. The molecular weight excluding hydrogens is 466 g/mol. The van der Waals surface area contributed by atoms with Crippen molar-refractivity contribution in [1.29, 1.82) is 0 Å². The Balaban J connectivity index is 1.34. The van der Waals surface area contributed by atoms with E-state index in [4.69, 9.17) is 0 Å². The van der Waals surface area contributed by atoms with Crippen molar-refractivity contribution in [2.24, 2.45) is 0 Å². The maximum Gasteiger partial charge on any atom is 0.261 e. The fraction of sp³-hybridized carbons (Fsp3) is 0.389. The lowest BCUT2D eigenvalue weighted by atomic mass is 10.2. The van der Waals surface area contributed by atoms with Crippen LogP contribution < -0.4 is 10.2 Å². The first-order valence-electron chi connectivity index (χ1n) is 8.39. The minimum atomic E-state index is 0.00490. The van der Waals surface area contributed by atoms with Crippen LogP contribution in [0.2, 0.25) is 0 Å². The van der Waals surface area contributed by atoms with Crippen LogP contribution in [0, 0.1) is 0 Å². The molecule has 3 rings (SSSR count). The number of benzene rings is 1. The molecule has 0 bridgehead atoms. The molecule has 2 heterocycles. The topological polar surface area (TPSA) is 35.6 Å². The second-order valence-corrected chi connectivity index (χ2v) is 9.23. The summed E-state index contributed by atoms with van der Waals surface area (Å²) in [5.74, 6) is 0.00490. The van der Waals surface area contributed by atoms with Crippen molar-refractivity contribution in [3.8, 4) is 0 Å².